The highest BCUT2D eigenvalue weighted by atomic mass is 17.2. The van der Waals surface area contributed by atoms with Crippen LogP contribution in [0.3, 0.4) is 0 Å². The molecule has 0 fully saturated rings. The molecule has 127 valence electrons. The van der Waals surface area contributed by atoms with E-state index in [1.165, 1.54) is 19.3 Å². The Hall–Kier alpha value is -2.13. The average molecular weight is 325 g/mol. The van der Waals surface area contributed by atoms with Gasteiger partial charge in [0, 0.05) is 0 Å². The Labute approximate surface area is 144 Å². The molecule has 0 atom stereocenters. The third-order valence-corrected chi connectivity index (χ3v) is 3.85. The lowest BCUT2D eigenvalue weighted by atomic mass is 10.0. The van der Waals surface area contributed by atoms with E-state index in [9.17, 15) is 4.79 Å². The molecule has 2 rings (SSSR count). The minimum absolute atomic E-state index is 0.472. The molecule has 0 aliphatic heterocycles. The number of carbonyl (C=O) groups excluding carboxylic acids is 1. The third kappa shape index (κ3) is 5.82. The number of hydrogen-bond donors (Lipinski definition) is 0. The normalized spacial score (nSPS) is 10.8. The summed E-state index contributed by atoms with van der Waals surface area (Å²) in [6.45, 7) is 4.03. The number of unbranched alkanes of at least 4 members (excludes halogenated alkanes) is 3. The number of rotatable bonds is 9. The molecule has 0 aliphatic carbocycles. The van der Waals surface area contributed by atoms with E-state index in [0.717, 1.165) is 30.1 Å². The Morgan fingerprint density at radius 2 is 1.62 bits per heavy atom. The van der Waals surface area contributed by atoms with E-state index in [1.807, 2.05) is 55.5 Å². The Morgan fingerprint density at radius 3 is 2.38 bits per heavy atom. The summed E-state index contributed by atoms with van der Waals surface area (Å²) in [6, 6.07) is 17.3. The van der Waals surface area contributed by atoms with Crippen molar-refractivity contribution in [1.29, 1.82) is 0 Å². The fraction of sp³-hybridized carbons (Fsp3) is 0.333. The van der Waals surface area contributed by atoms with Gasteiger partial charge in [-0.15, -0.1) is 0 Å². The monoisotopic (exact) mass is 325 g/mol. The fourth-order valence-electron chi connectivity index (χ4n) is 2.46. The van der Waals surface area contributed by atoms with Gasteiger partial charge in [-0.3, -0.25) is 4.89 Å². The second kappa shape index (κ2) is 9.89. The van der Waals surface area contributed by atoms with E-state index in [-0.39, 0.29) is 0 Å². The SMILES string of the molecule is CCCCCC[C](C)OOC(=O)c1cccc(-c2ccccc2)c1. The van der Waals surface area contributed by atoms with Crippen molar-refractivity contribution in [2.24, 2.45) is 0 Å². The van der Waals surface area contributed by atoms with Crippen LogP contribution in [0.15, 0.2) is 54.6 Å². The number of benzene rings is 2. The van der Waals surface area contributed by atoms with Crippen molar-refractivity contribution in [2.45, 2.75) is 46.0 Å². The lowest BCUT2D eigenvalue weighted by molar-refractivity contribution is -0.233. The Bertz CT molecular complexity index is 622. The van der Waals surface area contributed by atoms with Gasteiger partial charge in [-0.05, 0) is 36.6 Å². The minimum Gasteiger partial charge on any atom is -0.292 e. The van der Waals surface area contributed by atoms with Crippen molar-refractivity contribution >= 4 is 5.97 Å². The van der Waals surface area contributed by atoms with Gasteiger partial charge in [0.05, 0.1) is 5.56 Å². The standard InChI is InChI=1S/C21H25O3/c1-3-4-5-7-11-17(2)23-24-21(22)20-15-10-14-19(16-20)18-12-8-6-9-13-18/h6,8-10,12-16H,3-5,7,11H2,1-2H3. The first-order valence-corrected chi connectivity index (χ1v) is 8.57. The van der Waals surface area contributed by atoms with Gasteiger partial charge < -0.3 is 0 Å². The smallest absolute Gasteiger partial charge is 0.292 e. The second-order valence-electron chi connectivity index (χ2n) is 5.91. The summed E-state index contributed by atoms with van der Waals surface area (Å²) in [5.74, 6) is -0.472. The second-order valence-corrected chi connectivity index (χ2v) is 5.91. The molecule has 24 heavy (non-hydrogen) atoms. The first kappa shape index (κ1) is 18.2. The topological polar surface area (TPSA) is 35.5 Å². The maximum atomic E-state index is 12.1. The van der Waals surface area contributed by atoms with E-state index >= 15 is 0 Å². The van der Waals surface area contributed by atoms with E-state index < -0.39 is 5.97 Å². The van der Waals surface area contributed by atoms with Gasteiger partial charge in [0.15, 0.2) is 0 Å². The maximum Gasteiger partial charge on any atom is 0.373 e. The molecule has 3 nitrogen and oxygen atoms in total. The van der Waals surface area contributed by atoms with Gasteiger partial charge in [0.1, 0.15) is 6.10 Å². The number of carbonyl (C=O) groups is 1. The zero-order valence-corrected chi connectivity index (χ0v) is 14.5. The summed E-state index contributed by atoms with van der Waals surface area (Å²) in [5.41, 5.74) is 2.52. The number of hydrogen-bond acceptors (Lipinski definition) is 3. The van der Waals surface area contributed by atoms with Crippen LogP contribution in [0.4, 0.5) is 0 Å². The van der Waals surface area contributed by atoms with Crippen LogP contribution in [-0.2, 0) is 9.78 Å². The molecule has 0 bridgehead atoms. The molecule has 0 saturated carbocycles. The molecule has 2 aromatic carbocycles. The Morgan fingerprint density at radius 1 is 0.875 bits per heavy atom. The highest BCUT2D eigenvalue weighted by Crippen LogP contribution is 2.21. The lowest BCUT2D eigenvalue weighted by Crippen LogP contribution is -2.09. The summed E-state index contributed by atoms with van der Waals surface area (Å²) in [5, 5.41) is 0. The van der Waals surface area contributed by atoms with E-state index in [4.69, 9.17) is 9.78 Å². The largest absolute Gasteiger partial charge is 0.373 e. The molecular formula is C21H25O3. The highest BCUT2D eigenvalue weighted by Gasteiger charge is 2.13. The average Bonchev–Trinajstić information content (AvgIpc) is 2.64. The summed E-state index contributed by atoms with van der Waals surface area (Å²) >= 11 is 0. The first-order chi connectivity index (χ1) is 11.7. The molecule has 0 spiro atoms. The molecule has 0 saturated heterocycles. The highest BCUT2D eigenvalue weighted by molar-refractivity contribution is 5.90. The zero-order chi connectivity index (χ0) is 17.2. The van der Waals surface area contributed by atoms with Crippen LogP contribution in [0, 0.1) is 6.10 Å². The summed E-state index contributed by atoms with van der Waals surface area (Å²) in [4.78, 5) is 22.3. The minimum atomic E-state index is -0.472. The lowest BCUT2D eigenvalue weighted by Gasteiger charge is -2.10. The molecule has 0 aliphatic rings. The van der Waals surface area contributed by atoms with Gasteiger partial charge in [0.25, 0.3) is 0 Å². The van der Waals surface area contributed by atoms with E-state index in [0.29, 0.717) is 5.56 Å². The van der Waals surface area contributed by atoms with Gasteiger partial charge in [-0.2, -0.15) is 4.89 Å². The summed E-state index contributed by atoms with van der Waals surface area (Å²) < 4.78 is 0. The van der Waals surface area contributed by atoms with E-state index in [1.54, 1.807) is 6.07 Å². The van der Waals surface area contributed by atoms with Crippen LogP contribution in [-0.4, -0.2) is 5.97 Å². The zero-order valence-electron chi connectivity index (χ0n) is 14.5. The summed E-state index contributed by atoms with van der Waals surface area (Å²) in [7, 11) is 0. The Balaban J connectivity index is 1.86. The fourth-order valence-corrected chi connectivity index (χ4v) is 2.46. The van der Waals surface area contributed by atoms with Crippen molar-refractivity contribution < 1.29 is 14.6 Å². The van der Waals surface area contributed by atoms with E-state index in [2.05, 4.69) is 6.92 Å². The van der Waals surface area contributed by atoms with Gasteiger partial charge in [-0.1, -0.05) is 75.1 Å². The predicted octanol–water partition coefficient (Wildman–Crippen LogP) is 5.96. The van der Waals surface area contributed by atoms with Gasteiger partial charge >= 0.3 is 5.97 Å². The molecule has 0 aromatic heterocycles. The third-order valence-electron chi connectivity index (χ3n) is 3.85. The summed E-state index contributed by atoms with van der Waals surface area (Å²) in [6.07, 6.45) is 6.20. The van der Waals surface area contributed by atoms with Crippen LogP contribution in [0.1, 0.15) is 56.3 Å². The molecule has 0 N–H and O–H groups in total. The van der Waals surface area contributed by atoms with Crippen LogP contribution in [0.25, 0.3) is 11.1 Å². The molecule has 2 aromatic rings. The van der Waals surface area contributed by atoms with Crippen LogP contribution in [0.2, 0.25) is 0 Å². The van der Waals surface area contributed by atoms with Crippen molar-refractivity contribution in [3.8, 4) is 11.1 Å². The van der Waals surface area contributed by atoms with Crippen molar-refractivity contribution in [1.82, 2.24) is 0 Å². The Kier molecular flexibility index (Phi) is 7.50. The van der Waals surface area contributed by atoms with Crippen molar-refractivity contribution in [3.63, 3.8) is 0 Å². The molecule has 0 heterocycles. The predicted molar refractivity (Wildman–Crippen MR) is 96.1 cm³/mol. The van der Waals surface area contributed by atoms with Crippen LogP contribution < -0.4 is 0 Å². The molecule has 0 unspecified atom stereocenters. The van der Waals surface area contributed by atoms with Gasteiger partial charge in [0.2, 0.25) is 0 Å². The van der Waals surface area contributed by atoms with Crippen LogP contribution >= 0.6 is 0 Å². The molecule has 3 heteroatoms. The molecule has 1 radical (unpaired) electrons. The van der Waals surface area contributed by atoms with Crippen molar-refractivity contribution in [2.75, 3.05) is 0 Å². The van der Waals surface area contributed by atoms with Gasteiger partial charge in [-0.25, -0.2) is 4.79 Å². The van der Waals surface area contributed by atoms with Crippen LogP contribution in [0.5, 0.6) is 0 Å². The quantitative estimate of drug-likeness (QED) is 0.324. The first-order valence-electron chi connectivity index (χ1n) is 8.57. The molecular weight excluding hydrogens is 300 g/mol. The molecule has 0 amide bonds. The van der Waals surface area contributed by atoms with Crippen molar-refractivity contribution in [3.05, 3.63) is 66.3 Å². The maximum absolute atomic E-state index is 12.1.